The van der Waals surface area contributed by atoms with E-state index in [4.69, 9.17) is 11.2 Å². The number of nitrogens with one attached hydrogen (secondary N) is 1. The molecule has 2 aromatic carbocycles. The zero-order valence-corrected chi connectivity index (χ0v) is 12.7. The summed E-state index contributed by atoms with van der Waals surface area (Å²) in [5, 5.41) is 3.44. The van der Waals surface area contributed by atoms with E-state index in [9.17, 15) is 0 Å². The molecule has 110 valence electrons. The second-order valence-electron chi connectivity index (χ2n) is 4.55. The Hall–Kier alpha value is -1.95. The van der Waals surface area contributed by atoms with Crippen molar-refractivity contribution in [1.29, 1.82) is 0 Å². The fourth-order valence-electron chi connectivity index (χ4n) is 1.98. The van der Waals surface area contributed by atoms with Gasteiger partial charge in [0, 0.05) is 6.54 Å². The van der Waals surface area contributed by atoms with Gasteiger partial charge in [0.05, 0.1) is 0 Å². The second-order valence-corrected chi connectivity index (χ2v) is 4.55. The molecular formula is C18H20ClNO. The third kappa shape index (κ3) is 6.35. The summed E-state index contributed by atoms with van der Waals surface area (Å²) in [4.78, 5) is 0. The molecule has 0 unspecified atom stereocenters. The highest BCUT2D eigenvalue weighted by atomic mass is 35.5. The number of ether oxygens (including phenoxy) is 1. The van der Waals surface area contributed by atoms with Crippen molar-refractivity contribution in [3.05, 3.63) is 65.7 Å². The van der Waals surface area contributed by atoms with Gasteiger partial charge in [-0.05, 0) is 36.2 Å². The third-order valence-electron chi connectivity index (χ3n) is 2.98. The van der Waals surface area contributed by atoms with E-state index in [1.54, 1.807) is 0 Å². The minimum atomic E-state index is 0. The van der Waals surface area contributed by atoms with Crippen molar-refractivity contribution in [2.75, 3.05) is 13.2 Å². The number of halogens is 1. The normalized spacial score (nSPS) is 9.48. The summed E-state index contributed by atoms with van der Waals surface area (Å²) in [5.41, 5.74) is 2.55. The summed E-state index contributed by atoms with van der Waals surface area (Å²) >= 11 is 0. The summed E-state index contributed by atoms with van der Waals surface area (Å²) in [6, 6.07) is 18.5. The van der Waals surface area contributed by atoms with Crippen LogP contribution in [0.4, 0.5) is 0 Å². The predicted molar refractivity (Wildman–Crippen MR) is 89.9 cm³/mol. The fourth-order valence-corrected chi connectivity index (χ4v) is 1.98. The van der Waals surface area contributed by atoms with Gasteiger partial charge in [-0.2, -0.15) is 0 Å². The first-order chi connectivity index (χ1) is 9.88. The molecule has 0 saturated carbocycles. The van der Waals surface area contributed by atoms with Gasteiger partial charge in [-0.15, -0.1) is 18.8 Å². The molecule has 0 aliphatic carbocycles. The average Bonchev–Trinajstić information content (AvgIpc) is 2.51. The van der Waals surface area contributed by atoms with Crippen molar-refractivity contribution >= 4 is 12.4 Å². The minimum Gasteiger partial charge on any atom is -0.481 e. The minimum absolute atomic E-state index is 0. The molecule has 2 rings (SSSR count). The van der Waals surface area contributed by atoms with Gasteiger partial charge in [-0.3, -0.25) is 0 Å². The quantitative estimate of drug-likeness (QED) is 0.625. The van der Waals surface area contributed by atoms with Gasteiger partial charge in [-0.25, -0.2) is 0 Å². The van der Waals surface area contributed by atoms with Gasteiger partial charge in [0.15, 0.2) is 0 Å². The van der Waals surface area contributed by atoms with Gasteiger partial charge in [0.2, 0.25) is 0 Å². The summed E-state index contributed by atoms with van der Waals surface area (Å²) in [6.07, 6.45) is 6.22. The zero-order chi connectivity index (χ0) is 14.0. The van der Waals surface area contributed by atoms with Gasteiger partial charge < -0.3 is 10.1 Å². The Labute approximate surface area is 132 Å². The number of rotatable bonds is 7. The maximum atomic E-state index is 5.41. The lowest BCUT2D eigenvalue weighted by Crippen LogP contribution is -2.16. The lowest BCUT2D eigenvalue weighted by atomic mass is 10.1. The van der Waals surface area contributed by atoms with Gasteiger partial charge in [0.25, 0.3) is 0 Å². The Kier molecular flexibility index (Phi) is 8.04. The number of hydrogen-bond acceptors (Lipinski definition) is 2. The molecule has 21 heavy (non-hydrogen) atoms. The molecule has 0 aliphatic heterocycles. The first-order valence-corrected chi connectivity index (χ1v) is 6.78. The smallest absolute Gasteiger partial charge is 0.148 e. The number of benzene rings is 2. The molecule has 2 nitrogen and oxygen atoms in total. The SMILES string of the molecule is C#CCOc1cccc(CNCCc2ccccc2)c1.Cl. The van der Waals surface area contributed by atoms with E-state index in [2.05, 4.69) is 41.6 Å². The number of terminal acetylenes is 1. The highest BCUT2D eigenvalue weighted by Gasteiger charge is 1.97. The highest BCUT2D eigenvalue weighted by molar-refractivity contribution is 5.85. The summed E-state index contributed by atoms with van der Waals surface area (Å²) in [6.45, 7) is 2.10. The molecule has 0 spiro atoms. The Morgan fingerprint density at radius 3 is 2.52 bits per heavy atom. The van der Waals surface area contributed by atoms with Crippen LogP contribution < -0.4 is 10.1 Å². The average molecular weight is 302 g/mol. The molecule has 1 N–H and O–H groups in total. The van der Waals surface area contributed by atoms with Crippen LogP contribution in [0.2, 0.25) is 0 Å². The second kappa shape index (κ2) is 9.88. The zero-order valence-electron chi connectivity index (χ0n) is 11.9. The Morgan fingerprint density at radius 1 is 1.00 bits per heavy atom. The van der Waals surface area contributed by atoms with Crippen molar-refractivity contribution in [2.24, 2.45) is 0 Å². The van der Waals surface area contributed by atoms with E-state index in [-0.39, 0.29) is 12.4 Å². The van der Waals surface area contributed by atoms with Crippen molar-refractivity contribution < 1.29 is 4.74 Å². The maximum Gasteiger partial charge on any atom is 0.148 e. The molecule has 0 heterocycles. The summed E-state index contributed by atoms with van der Waals surface area (Å²) < 4.78 is 5.41. The van der Waals surface area contributed by atoms with Crippen molar-refractivity contribution in [3.63, 3.8) is 0 Å². The topological polar surface area (TPSA) is 21.3 Å². The van der Waals surface area contributed by atoms with Crippen LogP contribution in [0.25, 0.3) is 0 Å². The largest absolute Gasteiger partial charge is 0.481 e. The lowest BCUT2D eigenvalue weighted by molar-refractivity contribution is 0.370. The maximum absolute atomic E-state index is 5.41. The molecule has 0 aromatic heterocycles. The van der Waals surface area contributed by atoms with E-state index in [1.807, 2.05) is 24.3 Å². The number of hydrogen-bond donors (Lipinski definition) is 1. The summed E-state index contributed by atoms with van der Waals surface area (Å²) in [7, 11) is 0. The highest BCUT2D eigenvalue weighted by Crippen LogP contribution is 2.12. The van der Waals surface area contributed by atoms with E-state index >= 15 is 0 Å². The van der Waals surface area contributed by atoms with Gasteiger partial charge in [0.1, 0.15) is 12.4 Å². The molecular weight excluding hydrogens is 282 g/mol. The van der Waals surface area contributed by atoms with E-state index in [1.165, 1.54) is 11.1 Å². The van der Waals surface area contributed by atoms with Crippen LogP contribution in [-0.2, 0) is 13.0 Å². The molecule has 0 amide bonds. The molecule has 0 saturated heterocycles. The van der Waals surface area contributed by atoms with Crippen LogP contribution in [-0.4, -0.2) is 13.2 Å². The molecule has 0 aliphatic rings. The standard InChI is InChI=1S/C18H19NO.ClH/c1-2-13-20-18-10-6-9-17(14-18)15-19-12-11-16-7-4-3-5-8-16;/h1,3-10,14,19H,11-13,15H2;1H. The first kappa shape index (κ1) is 17.1. The predicted octanol–water partition coefficient (Wildman–Crippen LogP) is 3.45. The monoisotopic (exact) mass is 301 g/mol. The van der Waals surface area contributed by atoms with Crippen LogP contribution >= 0.6 is 12.4 Å². The fraction of sp³-hybridized carbons (Fsp3) is 0.222. The molecule has 0 bridgehead atoms. The van der Waals surface area contributed by atoms with Crippen molar-refractivity contribution in [2.45, 2.75) is 13.0 Å². The van der Waals surface area contributed by atoms with Gasteiger partial charge in [-0.1, -0.05) is 48.4 Å². The van der Waals surface area contributed by atoms with Crippen molar-refractivity contribution in [3.8, 4) is 18.1 Å². The van der Waals surface area contributed by atoms with E-state index < -0.39 is 0 Å². The molecule has 0 radical (unpaired) electrons. The Bertz CT molecular complexity index is 563. The van der Waals surface area contributed by atoms with Crippen LogP contribution in [0.15, 0.2) is 54.6 Å². The van der Waals surface area contributed by atoms with Crippen LogP contribution in [0, 0.1) is 12.3 Å². The third-order valence-corrected chi connectivity index (χ3v) is 2.98. The molecule has 3 heteroatoms. The Morgan fingerprint density at radius 2 is 1.76 bits per heavy atom. The van der Waals surface area contributed by atoms with E-state index in [0.717, 1.165) is 25.3 Å². The first-order valence-electron chi connectivity index (χ1n) is 6.78. The Balaban J connectivity index is 0.00000220. The summed E-state index contributed by atoms with van der Waals surface area (Å²) in [5.74, 6) is 3.29. The molecule has 0 fully saturated rings. The van der Waals surface area contributed by atoms with Gasteiger partial charge >= 0.3 is 0 Å². The molecule has 2 aromatic rings. The van der Waals surface area contributed by atoms with Crippen LogP contribution in [0.3, 0.4) is 0 Å². The van der Waals surface area contributed by atoms with E-state index in [0.29, 0.717) is 6.61 Å². The van der Waals surface area contributed by atoms with Crippen LogP contribution in [0.5, 0.6) is 5.75 Å². The lowest BCUT2D eigenvalue weighted by Gasteiger charge is -2.07. The molecule has 0 atom stereocenters. The van der Waals surface area contributed by atoms with Crippen LogP contribution in [0.1, 0.15) is 11.1 Å². The van der Waals surface area contributed by atoms with Crippen molar-refractivity contribution in [1.82, 2.24) is 5.32 Å².